The van der Waals surface area contributed by atoms with Gasteiger partial charge in [0.05, 0.1) is 0 Å². The van der Waals surface area contributed by atoms with Gasteiger partial charge >= 0.3 is 0 Å². The van der Waals surface area contributed by atoms with Crippen LogP contribution < -0.4 is 10.7 Å². The molecule has 1 spiro atoms. The lowest BCUT2D eigenvalue weighted by molar-refractivity contribution is 0.0569. The number of piperazine rings is 1. The number of aromatic amines is 1. The van der Waals surface area contributed by atoms with Crippen LogP contribution in [0.15, 0.2) is 41.3 Å². The van der Waals surface area contributed by atoms with Crippen molar-refractivity contribution in [3.05, 3.63) is 58.1 Å². The summed E-state index contributed by atoms with van der Waals surface area (Å²) in [4.78, 5) is 18.3. The van der Waals surface area contributed by atoms with Crippen molar-refractivity contribution in [1.29, 1.82) is 0 Å². The standard InChI is InChI=1S/C20H24FN3O/c21-17-5-3-15(4-6-17)18-11-19(25)16(12-23-18)13-24-10-9-22-14-20(24)7-1-2-8-20/h3-6,11-12,22H,1-2,7-10,13-14H2,(H,23,25). The van der Waals surface area contributed by atoms with Crippen LogP contribution in [0.3, 0.4) is 0 Å². The topological polar surface area (TPSA) is 48.1 Å². The number of nitrogens with one attached hydrogen (secondary N) is 2. The Bertz CT molecular complexity index is 793. The molecule has 4 nitrogen and oxygen atoms in total. The van der Waals surface area contributed by atoms with E-state index >= 15 is 0 Å². The minimum absolute atomic E-state index is 0.0461. The first-order valence-corrected chi connectivity index (χ1v) is 9.10. The van der Waals surface area contributed by atoms with Crippen molar-refractivity contribution < 1.29 is 4.39 Å². The maximum atomic E-state index is 13.1. The number of benzene rings is 1. The minimum Gasteiger partial charge on any atom is -0.361 e. The van der Waals surface area contributed by atoms with E-state index in [1.165, 1.54) is 37.8 Å². The van der Waals surface area contributed by atoms with Gasteiger partial charge in [-0.3, -0.25) is 9.69 Å². The molecule has 132 valence electrons. The van der Waals surface area contributed by atoms with Crippen LogP contribution in [0.4, 0.5) is 4.39 Å². The van der Waals surface area contributed by atoms with Gasteiger partial charge in [0.25, 0.3) is 0 Å². The second-order valence-electron chi connectivity index (χ2n) is 7.27. The zero-order chi connectivity index (χ0) is 17.3. The lowest BCUT2D eigenvalue weighted by Gasteiger charge is -2.45. The molecule has 1 aliphatic carbocycles. The van der Waals surface area contributed by atoms with Gasteiger partial charge in [0, 0.05) is 55.2 Å². The molecule has 0 radical (unpaired) electrons. The third-order valence-corrected chi connectivity index (χ3v) is 5.73. The maximum Gasteiger partial charge on any atom is 0.186 e. The normalized spacial score (nSPS) is 20.2. The van der Waals surface area contributed by atoms with Crippen LogP contribution >= 0.6 is 0 Å². The molecule has 2 heterocycles. The van der Waals surface area contributed by atoms with Crippen LogP contribution in [0.2, 0.25) is 0 Å². The summed E-state index contributed by atoms with van der Waals surface area (Å²) in [5.74, 6) is -0.275. The summed E-state index contributed by atoms with van der Waals surface area (Å²) in [7, 11) is 0. The van der Waals surface area contributed by atoms with Crippen molar-refractivity contribution in [1.82, 2.24) is 15.2 Å². The van der Waals surface area contributed by atoms with E-state index in [2.05, 4.69) is 15.2 Å². The molecule has 5 heteroatoms. The van der Waals surface area contributed by atoms with Crippen molar-refractivity contribution in [3.8, 4) is 11.3 Å². The highest BCUT2D eigenvalue weighted by molar-refractivity contribution is 5.58. The van der Waals surface area contributed by atoms with E-state index in [4.69, 9.17) is 0 Å². The molecular weight excluding hydrogens is 317 g/mol. The first-order valence-electron chi connectivity index (χ1n) is 9.10. The van der Waals surface area contributed by atoms with Gasteiger partial charge in [-0.05, 0) is 42.7 Å². The number of aromatic nitrogens is 1. The molecule has 2 aromatic rings. The fraction of sp³-hybridized carbons (Fsp3) is 0.450. The van der Waals surface area contributed by atoms with Gasteiger partial charge in [-0.2, -0.15) is 0 Å². The van der Waals surface area contributed by atoms with E-state index < -0.39 is 0 Å². The fourth-order valence-electron chi connectivity index (χ4n) is 4.28. The van der Waals surface area contributed by atoms with E-state index in [0.717, 1.165) is 36.5 Å². The number of nitrogens with zero attached hydrogens (tertiary/aromatic N) is 1. The number of H-pyrrole nitrogens is 1. The van der Waals surface area contributed by atoms with Gasteiger partial charge in [0.15, 0.2) is 5.43 Å². The molecule has 1 aromatic heterocycles. The highest BCUT2D eigenvalue weighted by Crippen LogP contribution is 2.36. The summed E-state index contributed by atoms with van der Waals surface area (Å²) >= 11 is 0. The number of rotatable bonds is 3. The molecule has 1 saturated carbocycles. The zero-order valence-electron chi connectivity index (χ0n) is 14.4. The van der Waals surface area contributed by atoms with Crippen molar-refractivity contribution >= 4 is 0 Å². The van der Waals surface area contributed by atoms with E-state index in [0.29, 0.717) is 6.54 Å². The van der Waals surface area contributed by atoms with E-state index in [1.807, 2.05) is 6.20 Å². The molecule has 0 unspecified atom stereocenters. The van der Waals surface area contributed by atoms with E-state index in [1.54, 1.807) is 18.2 Å². The van der Waals surface area contributed by atoms with Gasteiger partial charge < -0.3 is 10.3 Å². The molecule has 0 amide bonds. The Morgan fingerprint density at radius 1 is 1.16 bits per heavy atom. The van der Waals surface area contributed by atoms with E-state index in [-0.39, 0.29) is 16.8 Å². The van der Waals surface area contributed by atoms with Crippen molar-refractivity contribution in [2.45, 2.75) is 37.8 Å². The summed E-state index contributed by atoms with van der Waals surface area (Å²) < 4.78 is 13.1. The average Bonchev–Trinajstić information content (AvgIpc) is 3.08. The average molecular weight is 341 g/mol. The highest BCUT2D eigenvalue weighted by atomic mass is 19.1. The van der Waals surface area contributed by atoms with Crippen molar-refractivity contribution in [3.63, 3.8) is 0 Å². The molecule has 0 atom stereocenters. The maximum absolute atomic E-state index is 13.1. The summed E-state index contributed by atoms with van der Waals surface area (Å²) in [6, 6.07) is 7.82. The third-order valence-electron chi connectivity index (χ3n) is 5.73. The number of hydrogen-bond donors (Lipinski definition) is 2. The minimum atomic E-state index is -0.275. The zero-order valence-corrected chi connectivity index (χ0v) is 14.4. The Morgan fingerprint density at radius 3 is 2.64 bits per heavy atom. The van der Waals surface area contributed by atoms with Gasteiger partial charge in [-0.25, -0.2) is 4.39 Å². The molecule has 25 heavy (non-hydrogen) atoms. The molecule has 1 aliphatic heterocycles. The van der Waals surface area contributed by atoms with Gasteiger partial charge in [0.2, 0.25) is 0 Å². The summed E-state index contributed by atoms with van der Waals surface area (Å²) in [5, 5.41) is 3.52. The van der Waals surface area contributed by atoms with E-state index in [9.17, 15) is 9.18 Å². The second kappa shape index (κ2) is 6.73. The summed E-state index contributed by atoms with van der Waals surface area (Å²) in [6.45, 7) is 3.69. The molecule has 2 N–H and O–H groups in total. The Hall–Kier alpha value is -1.98. The van der Waals surface area contributed by atoms with Crippen LogP contribution in [0.25, 0.3) is 11.3 Å². The SMILES string of the molecule is O=c1cc(-c2ccc(F)cc2)[nH]cc1CN1CCNCC12CCCC2. The largest absolute Gasteiger partial charge is 0.361 e. The van der Waals surface area contributed by atoms with Gasteiger partial charge in [-0.15, -0.1) is 0 Å². The monoisotopic (exact) mass is 341 g/mol. The number of pyridine rings is 1. The Balaban J connectivity index is 1.56. The Kier molecular flexibility index (Phi) is 4.44. The summed E-state index contributed by atoms with van der Waals surface area (Å²) in [5.41, 5.74) is 2.62. The second-order valence-corrected chi connectivity index (χ2v) is 7.27. The van der Waals surface area contributed by atoms with Crippen LogP contribution in [-0.4, -0.2) is 35.1 Å². The fourth-order valence-corrected chi connectivity index (χ4v) is 4.28. The smallest absolute Gasteiger partial charge is 0.186 e. The number of hydrogen-bond acceptors (Lipinski definition) is 3. The predicted molar refractivity (Wildman–Crippen MR) is 96.9 cm³/mol. The molecular formula is C20H24FN3O. The van der Waals surface area contributed by atoms with Crippen molar-refractivity contribution in [2.75, 3.05) is 19.6 Å². The molecule has 1 saturated heterocycles. The van der Waals surface area contributed by atoms with Gasteiger partial charge in [0.1, 0.15) is 5.82 Å². The predicted octanol–water partition coefficient (Wildman–Crippen LogP) is 2.90. The van der Waals surface area contributed by atoms with Crippen LogP contribution in [0.5, 0.6) is 0 Å². The van der Waals surface area contributed by atoms with Gasteiger partial charge in [-0.1, -0.05) is 12.8 Å². The number of halogens is 1. The molecule has 2 fully saturated rings. The molecule has 1 aromatic carbocycles. The first-order chi connectivity index (χ1) is 12.2. The summed E-state index contributed by atoms with van der Waals surface area (Å²) in [6.07, 6.45) is 6.80. The highest BCUT2D eigenvalue weighted by Gasteiger charge is 2.41. The lowest BCUT2D eigenvalue weighted by atomic mass is 9.92. The van der Waals surface area contributed by atoms with Crippen LogP contribution in [0, 0.1) is 5.82 Å². The quantitative estimate of drug-likeness (QED) is 0.902. The molecule has 2 aliphatic rings. The third kappa shape index (κ3) is 3.26. The Labute approximate surface area is 147 Å². The first kappa shape index (κ1) is 16.5. The lowest BCUT2D eigenvalue weighted by Crippen LogP contribution is -2.59. The Morgan fingerprint density at radius 2 is 1.92 bits per heavy atom. The molecule has 0 bridgehead atoms. The van der Waals surface area contributed by atoms with Crippen LogP contribution in [0.1, 0.15) is 31.2 Å². The van der Waals surface area contributed by atoms with Crippen molar-refractivity contribution in [2.24, 2.45) is 0 Å². The van der Waals surface area contributed by atoms with Crippen LogP contribution in [-0.2, 0) is 6.54 Å². The molecule has 4 rings (SSSR count).